The molecule has 1 fully saturated rings. The molecule has 48 heavy (non-hydrogen) atoms. The molecule has 1 aromatic carbocycles. The number of anilines is 1. The van der Waals surface area contributed by atoms with Gasteiger partial charge in [-0.25, -0.2) is 4.79 Å². The number of imide groups is 1. The van der Waals surface area contributed by atoms with Crippen LogP contribution in [-0.2, 0) is 39.9 Å². The summed E-state index contributed by atoms with van der Waals surface area (Å²) >= 11 is 0. The SMILES string of the molecule is CC(C)(C)OC(=O)N(CCCCCCCC(=O)Nc1cccc2c1CN(C1CCC(=O)NC1=O)C2=O)CCOCCOCCOCCN. The Morgan fingerprint density at radius 1 is 0.938 bits per heavy atom. The molecule has 1 unspecified atom stereocenters. The molecule has 14 nitrogen and oxygen atoms in total. The molecule has 0 aliphatic carbocycles. The number of benzene rings is 1. The number of carbonyl (C=O) groups is 5. The number of nitrogens with two attached hydrogens (primary N) is 1. The van der Waals surface area contributed by atoms with Crippen LogP contribution in [0.1, 0.15) is 88.1 Å². The topological polar surface area (TPSA) is 179 Å². The van der Waals surface area contributed by atoms with Crippen molar-refractivity contribution in [2.45, 2.75) is 90.3 Å². The summed E-state index contributed by atoms with van der Waals surface area (Å²) in [7, 11) is 0. The summed E-state index contributed by atoms with van der Waals surface area (Å²) in [5.41, 5.74) is 6.47. The van der Waals surface area contributed by atoms with E-state index in [2.05, 4.69) is 10.6 Å². The molecule has 0 aromatic heterocycles. The van der Waals surface area contributed by atoms with Gasteiger partial charge in [0.2, 0.25) is 17.7 Å². The lowest BCUT2D eigenvalue weighted by atomic mass is 10.0. The fourth-order valence-corrected chi connectivity index (χ4v) is 5.45. The molecule has 1 saturated heterocycles. The zero-order chi connectivity index (χ0) is 34.9. The maximum atomic E-state index is 13.0. The maximum Gasteiger partial charge on any atom is 0.410 e. The number of hydrogen-bond donors (Lipinski definition) is 3. The van der Waals surface area contributed by atoms with Crippen LogP contribution in [0.4, 0.5) is 10.5 Å². The van der Waals surface area contributed by atoms with Crippen LogP contribution in [0.3, 0.4) is 0 Å². The second kappa shape index (κ2) is 20.0. The summed E-state index contributed by atoms with van der Waals surface area (Å²) in [5.74, 6) is -1.23. The van der Waals surface area contributed by atoms with Gasteiger partial charge < -0.3 is 39.8 Å². The standard InChI is InChI=1S/C34H53N5O9/c1-34(2,3)48-33(44)38(17-19-46-21-23-47-22-20-45-18-15-35)16-8-6-4-5-7-12-29(40)36-27-11-9-10-25-26(27)24-39(32(25)43)28-13-14-30(41)37-31(28)42/h9-11,28H,4-8,12-24,35H2,1-3H3,(H,36,40)(H,37,41,42). The van der Waals surface area contributed by atoms with E-state index in [4.69, 9.17) is 24.7 Å². The Balaban J connectivity index is 1.33. The van der Waals surface area contributed by atoms with Gasteiger partial charge in [0.05, 0.1) is 39.6 Å². The minimum absolute atomic E-state index is 0.142. The van der Waals surface area contributed by atoms with E-state index in [0.29, 0.717) is 88.9 Å². The van der Waals surface area contributed by atoms with Gasteiger partial charge in [0.1, 0.15) is 11.6 Å². The van der Waals surface area contributed by atoms with Gasteiger partial charge in [-0.05, 0) is 52.2 Å². The maximum absolute atomic E-state index is 13.0. The Labute approximate surface area is 283 Å². The van der Waals surface area contributed by atoms with Crippen molar-refractivity contribution in [2.24, 2.45) is 5.73 Å². The van der Waals surface area contributed by atoms with E-state index in [1.165, 1.54) is 4.90 Å². The number of nitrogens with zero attached hydrogens (tertiary/aromatic N) is 2. The number of unbranched alkanes of at least 4 members (excludes halogenated alkanes) is 4. The quantitative estimate of drug-likeness (QED) is 0.130. The summed E-state index contributed by atoms with van der Waals surface area (Å²) < 4.78 is 21.9. The second-order valence-corrected chi connectivity index (χ2v) is 12.9. The Kier molecular flexibility index (Phi) is 16.2. The summed E-state index contributed by atoms with van der Waals surface area (Å²) in [6.45, 7) is 9.85. The first-order valence-corrected chi connectivity index (χ1v) is 17.0. The number of amides is 5. The molecule has 4 N–H and O–H groups in total. The van der Waals surface area contributed by atoms with E-state index in [0.717, 1.165) is 25.7 Å². The van der Waals surface area contributed by atoms with Crippen LogP contribution < -0.4 is 16.4 Å². The first-order chi connectivity index (χ1) is 23.0. The lowest BCUT2D eigenvalue weighted by Crippen LogP contribution is -2.52. The average molecular weight is 676 g/mol. The van der Waals surface area contributed by atoms with Crippen LogP contribution in [0.25, 0.3) is 0 Å². The molecule has 0 bridgehead atoms. The summed E-state index contributed by atoms with van der Waals surface area (Å²) in [6, 6.07) is 4.45. The van der Waals surface area contributed by atoms with Crippen LogP contribution in [0, 0.1) is 0 Å². The Hall–Kier alpha value is -3.59. The highest BCUT2D eigenvalue weighted by Crippen LogP contribution is 2.32. The first-order valence-electron chi connectivity index (χ1n) is 17.0. The van der Waals surface area contributed by atoms with E-state index in [-0.39, 0.29) is 43.2 Å². The predicted octanol–water partition coefficient (Wildman–Crippen LogP) is 2.97. The smallest absolute Gasteiger partial charge is 0.410 e. The van der Waals surface area contributed by atoms with Crippen LogP contribution in [0.2, 0.25) is 0 Å². The number of fused-ring (bicyclic) bond motifs is 1. The summed E-state index contributed by atoms with van der Waals surface area (Å²) in [5, 5.41) is 5.24. The van der Waals surface area contributed by atoms with Gasteiger partial charge in [0.25, 0.3) is 5.91 Å². The Bertz CT molecular complexity index is 1240. The molecule has 0 saturated carbocycles. The average Bonchev–Trinajstić information content (AvgIpc) is 3.36. The third kappa shape index (κ3) is 13.1. The first kappa shape index (κ1) is 38.9. The van der Waals surface area contributed by atoms with Crippen molar-refractivity contribution in [1.29, 1.82) is 0 Å². The highest BCUT2D eigenvalue weighted by molar-refractivity contribution is 6.06. The normalized spacial score (nSPS) is 16.1. The highest BCUT2D eigenvalue weighted by atomic mass is 16.6. The van der Waals surface area contributed by atoms with E-state index < -0.39 is 17.6 Å². The van der Waals surface area contributed by atoms with Crippen LogP contribution in [-0.4, -0.2) is 110 Å². The molecule has 2 aliphatic rings. The third-order valence-corrected chi connectivity index (χ3v) is 7.85. The molecule has 0 radical (unpaired) electrons. The number of carbonyl (C=O) groups excluding carboxylic acids is 5. The minimum Gasteiger partial charge on any atom is -0.444 e. The van der Waals surface area contributed by atoms with Crippen molar-refractivity contribution >= 4 is 35.4 Å². The van der Waals surface area contributed by atoms with Gasteiger partial charge in [-0.15, -0.1) is 0 Å². The van der Waals surface area contributed by atoms with Gasteiger partial charge in [-0.1, -0.05) is 25.3 Å². The minimum atomic E-state index is -0.709. The van der Waals surface area contributed by atoms with E-state index in [1.807, 2.05) is 20.8 Å². The van der Waals surface area contributed by atoms with Crippen LogP contribution >= 0.6 is 0 Å². The largest absolute Gasteiger partial charge is 0.444 e. The van der Waals surface area contributed by atoms with Gasteiger partial charge in [-0.3, -0.25) is 24.5 Å². The Morgan fingerprint density at radius 2 is 1.60 bits per heavy atom. The molecule has 2 heterocycles. The monoisotopic (exact) mass is 675 g/mol. The van der Waals surface area contributed by atoms with Gasteiger partial charge in [-0.2, -0.15) is 0 Å². The zero-order valence-corrected chi connectivity index (χ0v) is 28.7. The second-order valence-electron chi connectivity index (χ2n) is 12.9. The third-order valence-electron chi connectivity index (χ3n) is 7.85. The lowest BCUT2D eigenvalue weighted by molar-refractivity contribution is -0.137. The van der Waals surface area contributed by atoms with Crippen molar-refractivity contribution < 1.29 is 42.9 Å². The van der Waals surface area contributed by atoms with Crippen molar-refractivity contribution in [3.8, 4) is 0 Å². The van der Waals surface area contributed by atoms with Crippen LogP contribution in [0.15, 0.2) is 18.2 Å². The van der Waals surface area contributed by atoms with Crippen molar-refractivity contribution in [3.63, 3.8) is 0 Å². The number of hydrogen-bond acceptors (Lipinski definition) is 10. The number of nitrogens with one attached hydrogen (secondary N) is 2. The van der Waals surface area contributed by atoms with E-state index >= 15 is 0 Å². The Morgan fingerprint density at radius 3 is 2.29 bits per heavy atom. The molecule has 1 atom stereocenters. The molecule has 268 valence electrons. The van der Waals surface area contributed by atoms with Crippen molar-refractivity contribution in [2.75, 3.05) is 64.6 Å². The zero-order valence-electron chi connectivity index (χ0n) is 28.7. The molecular weight excluding hydrogens is 622 g/mol. The van der Waals surface area contributed by atoms with Gasteiger partial charge in [0, 0.05) is 55.8 Å². The highest BCUT2D eigenvalue weighted by Gasteiger charge is 2.40. The summed E-state index contributed by atoms with van der Waals surface area (Å²) in [4.78, 5) is 65.6. The molecule has 14 heteroatoms. The van der Waals surface area contributed by atoms with E-state index in [9.17, 15) is 24.0 Å². The lowest BCUT2D eigenvalue weighted by Gasteiger charge is -2.29. The van der Waals surface area contributed by atoms with E-state index in [1.54, 1.807) is 23.1 Å². The van der Waals surface area contributed by atoms with Gasteiger partial charge >= 0.3 is 6.09 Å². The molecule has 0 spiro atoms. The van der Waals surface area contributed by atoms with Crippen LogP contribution in [0.5, 0.6) is 0 Å². The van der Waals surface area contributed by atoms with Crippen molar-refractivity contribution in [3.05, 3.63) is 29.3 Å². The van der Waals surface area contributed by atoms with Gasteiger partial charge in [0.15, 0.2) is 0 Å². The number of ether oxygens (including phenoxy) is 4. The molecular formula is C34H53N5O9. The molecule has 5 amide bonds. The molecule has 1 aromatic rings. The van der Waals surface area contributed by atoms with Crippen molar-refractivity contribution in [1.82, 2.24) is 15.1 Å². The number of rotatable bonds is 21. The number of piperidine rings is 1. The summed E-state index contributed by atoms with van der Waals surface area (Å²) in [6.07, 6.45) is 4.59. The molecule has 3 rings (SSSR count). The fourth-order valence-electron chi connectivity index (χ4n) is 5.45. The predicted molar refractivity (Wildman–Crippen MR) is 178 cm³/mol. The molecule has 2 aliphatic heterocycles. The fraction of sp³-hybridized carbons (Fsp3) is 0.676.